The van der Waals surface area contributed by atoms with E-state index < -0.39 is 0 Å². The molecule has 0 unspecified atom stereocenters. The molecule has 1 aliphatic rings. The van der Waals surface area contributed by atoms with E-state index in [2.05, 4.69) is 16.7 Å². The van der Waals surface area contributed by atoms with Crippen molar-refractivity contribution in [1.82, 2.24) is 4.90 Å². The SMILES string of the molecule is Cc1cc(OCCN2CCOCC2)ccc1C#CCO. The summed E-state index contributed by atoms with van der Waals surface area (Å²) in [5.74, 6) is 6.44. The molecule has 1 fully saturated rings. The maximum atomic E-state index is 8.70. The van der Waals surface area contributed by atoms with Crippen LogP contribution in [0.25, 0.3) is 0 Å². The molecular formula is C16H21NO3. The van der Waals surface area contributed by atoms with Crippen molar-refractivity contribution in [1.29, 1.82) is 0 Å². The third-order valence-electron chi connectivity index (χ3n) is 3.28. The van der Waals surface area contributed by atoms with Crippen LogP contribution in [0.15, 0.2) is 18.2 Å². The van der Waals surface area contributed by atoms with Crippen LogP contribution in [0.3, 0.4) is 0 Å². The maximum Gasteiger partial charge on any atom is 0.119 e. The molecule has 0 saturated carbocycles. The molecule has 20 heavy (non-hydrogen) atoms. The van der Waals surface area contributed by atoms with E-state index in [1.165, 1.54) is 0 Å². The molecule has 4 heteroatoms. The van der Waals surface area contributed by atoms with Gasteiger partial charge in [-0.1, -0.05) is 11.8 Å². The lowest BCUT2D eigenvalue weighted by atomic mass is 10.1. The third-order valence-corrected chi connectivity index (χ3v) is 3.28. The summed E-state index contributed by atoms with van der Waals surface area (Å²) in [5.41, 5.74) is 1.99. The average molecular weight is 275 g/mol. The van der Waals surface area contributed by atoms with E-state index in [0.29, 0.717) is 6.61 Å². The molecular weight excluding hydrogens is 254 g/mol. The Balaban J connectivity index is 1.82. The van der Waals surface area contributed by atoms with Gasteiger partial charge in [0.15, 0.2) is 0 Å². The molecule has 1 aromatic carbocycles. The van der Waals surface area contributed by atoms with Gasteiger partial charge in [-0.25, -0.2) is 0 Å². The highest BCUT2D eigenvalue weighted by Gasteiger charge is 2.09. The Morgan fingerprint density at radius 2 is 2.15 bits per heavy atom. The molecule has 0 aliphatic carbocycles. The first kappa shape index (κ1) is 14.9. The Bertz CT molecular complexity index is 484. The van der Waals surface area contributed by atoms with Crippen LogP contribution in [0.4, 0.5) is 0 Å². The van der Waals surface area contributed by atoms with E-state index in [4.69, 9.17) is 14.6 Å². The summed E-state index contributed by atoms with van der Waals surface area (Å²) in [4.78, 5) is 2.34. The van der Waals surface area contributed by atoms with Gasteiger partial charge in [0, 0.05) is 25.2 Å². The number of nitrogens with zero attached hydrogens (tertiary/aromatic N) is 1. The lowest BCUT2D eigenvalue weighted by molar-refractivity contribution is 0.0322. The first-order valence-corrected chi connectivity index (χ1v) is 6.93. The fourth-order valence-electron chi connectivity index (χ4n) is 2.12. The summed E-state index contributed by atoms with van der Waals surface area (Å²) in [6.45, 7) is 7.09. The minimum Gasteiger partial charge on any atom is -0.492 e. The van der Waals surface area contributed by atoms with Gasteiger partial charge in [-0.15, -0.1) is 0 Å². The van der Waals surface area contributed by atoms with E-state index in [1.54, 1.807) is 0 Å². The van der Waals surface area contributed by atoms with Gasteiger partial charge < -0.3 is 14.6 Å². The second-order valence-electron chi connectivity index (χ2n) is 4.74. The van der Waals surface area contributed by atoms with Gasteiger partial charge in [-0.3, -0.25) is 4.90 Å². The third kappa shape index (κ3) is 4.53. The smallest absolute Gasteiger partial charge is 0.119 e. The molecule has 0 amide bonds. The van der Waals surface area contributed by atoms with Crippen molar-refractivity contribution < 1.29 is 14.6 Å². The van der Waals surface area contributed by atoms with Crippen LogP contribution in [0.5, 0.6) is 5.75 Å². The number of aliphatic hydroxyl groups excluding tert-OH is 1. The quantitative estimate of drug-likeness (QED) is 0.834. The summed E-state index contributed by atoms with van der Waals surface area (Å²) >= 11 is 0. The zero-order chi connectivity index (χ0) is 14.2. The van der Waals surface area contributed by atoms with E-state index in [0.717, 1.165) is 49.7 Å². The lowest BCUT2D eigenvalue weighted by Crippen LogP contribution is -2.38. The predicted molar refractivity (Wildman–Crippen MR) is 77.9 cm³/mol. The van der Waals surface area contributed by atoms with Gasteiger partial charge >= 0.3 is 0 Å². The van der Waals surface area contributed by atoms with Crippen LogP contribution in [0, 0.1) is 18.8 Å². The fourth-order valence-corrected chi connectivity index (χ4v) is 2.12. The summed E-state index contributed by atoms with van der Waals surface area (Å²) in [6.07, 6.45) is 0. The van der Waals surface area contributed by atoms with Gasteiger partial charge in [0.1, 0.15) is 19.0 Å². The molecule has 1 saturated heterocycles. The van der Waals surface area contributed by atoms with Crippen LogP contribution in [0.1, 0.15) is 11.1 Å². The largest absolute Gasteiger partial charge is 0.492 e. The van der Waals surface area contributed by atoms with Crippen LogP contribution in [0.2, 0.25) is 0 Å². The van der Waals surface area contributed by atoms with Gasteiger partial charge in [0.25, 0.3) is 0 Å². The highest BCUT2D eigenvalue weighted by Crippen LogP contribution is 2.16. The second kappa shape index (κ2) is 7.91. The number of benzene rings is 1. The highest BCUT2D eigenvalue weighted by molar-refractivity contribution is 5.44. The Labute approximate surface area is 120 Å². The van der Waals surface area contributed by atoms with Gasteiger partial charge in [0.2, 0.25) is 0 Å². The number of rotatable bonds is 4. The molecule has 0 bridgehead atoms. The van der Waals surface area contributed by atoms with Crippen molar-refractivity contribution in [2.75, 3.05) is 46.1 Å². The molecule has 0 atom stereocenters. The molecule has 108 valence electrons. The van der Waals surface area contributed by atoms with Crippen molar-refractivity contribution in [3.63, 3.8) is 0 Å². The number of aliphatic hydroxyl groups is 1. The van der Waals surface area contributed by atoms with E-state index in [9.17, 15) is 0 Å². The van der Waals surface area contributed by atoms with Crippen LogP contribution < -0.4 is 4.74 Å². The Hall–Kier alpha value is -1.54. The van der Waals surface area contributed by atoms with Crippen molar-refractivity contribution in [2.24, 2.45) is 0 Å². The van der Waals surface area contributed by atoms with E-state index in [1.807, 2.05) is 25.1 Å². The van der Waals surface area contributed by atoms with Crippen molar-refractivity contribution in [2.45, 2.75) is 6.92 Å². The summed E-state index contributed by atoms with van der Waals surface area (Å²) in [5, 5.41) is 8.70. The second-order valence-corrected chi connectivity index (χ2v) is 4.74. The van der Waals surface area contributed by atoms with E-state index >= 15 is 0 Å². The van der Waals surface area contributed by atoms with Crippen molar-refractivity contribution >= 4 is 0 Å². The van der Waals surface area contributed by atoms with Gasteiger partial charge in [-0.05, 0) is 30.7 Å². The topological polar surface area (TPSA) is 41.9 Å². The van der Waals surface area contributed by atoms with Crippen LogP contribution >= 0.6 is 0 Å². The van der Waals surface area contributed by atoms with Crippen molar-refractivity contribution in [3.8, 4) is 17.6 Å². The predicted octanol–water partition coefficient (Wildman–Crippen LogP) is 1.05. The summed E-state index contributed by atoms with van der Waals surface area (Å²) < 4.78 is 11.1. The highest BCUT2D eigenvalue weighted by atomic mass is 16.5. The molecule has 2 rings (SSSR count). The zero-order valence-corrected chi connectivity index (χ0v) is 11.9. The Morgan fingerprint density at radius 1 is 1.35 bits per heavy atom. The lowest BCUT2D eigenvalue weighted by Gasteiger charge is -2.26. The molecule has 1 N–H and O–H groups in total. The minimum atomic E-state index is -0.114. The Kier molecular flexibility index (Phi) is 5.87. The number of hydrogen-bond donors (Lipinski definition) is 1. The summed E-state index contributed by atoms with van der Waals surface area (Å²) in [7, 11) is 0. The normalized spacial score (nSPS) is 15.5. The average Bonchev–Trinajstić information content (AvgIpc) is 2.47. The first-order chi connectivity index (χ1) is 9.79. The number of morpholine rings is 1. The number of hydrogen-bond acceptors (Lipinski definition) is 4. The zero-order valence-electron chi connectivity index (χ0n) is 11.9. The molecule has 0 spiro atoms. The molecule has 0 aromatic heterocycles. The maximum absolute atomic E-state index is 8.70. The number of aryl methyl sites for hydroxylation is 1. The first-order valence-electron chi connectivity index (χ1n) is 6.93. The van der Waals surface area contributed by atoms with Gasteiger partial charge in [0.05, 0.1) is 13.2 Å². The van der Waals surface area contributed by atoms with Gasteiger partial charge in [-0.2, -0.15) is 0 Å². The monoisotopic (exact) mass is 275 g/mol. The number of ether oxygens (including phenoxy) is 2. The molecule has 4 nitrogen and oxygen atoms in total. The minimum absolute atomic E-state index is 0.114. The fraction of sp³-hybridized carbons (Fsp3) is 0.500. The van der Waals surface area contributed by atoms with Crippen LogP contribution in [-0.2, 0) is 4.74 Å². The molecule has 0 radical (unpaired) electrons. The molecule has 1 heterocycles. The van der Waals surface area contributed by atoms with Crippen molar-refractivity contribution in [3.05, 3.63) is 29.3 Å². The Morgan fingerprint density at radius 3 is 2.85 bits per heavy atom. The van der Waals surface area contributed by atoms with E-state index in [-0.39, 0.29) is 6.61 Å². The van der Waals surface area contributed by atoms with Crippen LogP contribution in [-0.4, -0.2) is 56.1 Å². The molecule has 1 aliphatic heterocycles. The summed E-state index contributed by atoms with van der Waals surface area (Å²) in [6, 6.07) is 5.84. The molecule has 1 aromatic rings. The standard InChI is InChI=1S/C16H21NO3/c1-14-13-16(5-4-15(14)3-2-9-18)20-12-8-17-6-10-19-11-7-17/h4-5,13,18H,6-12H2,1H3.